The molecule has 7 heteroatoms. The standard InChI is InChI=1S/C9H7NO4S.Na/c11-9-7-2-1-3-8(15(12,13)14)6(7)4-5-10-9;/h1-5H,(H,10,11)(H,12,13,14);/q;+1/p-1. The summed E-state index contributed by atoms with van der Waals surface area (Å²) in [6.45, 7) is 0. The number of rotatable bonds is 1. The Hall–Kier alpha value is -0.660. The van der Waals surface area contributed by atoms with E-state index in [4.69, 9.17) is 4.55 Å². The Morgan fingerprint density at radius 2 is 1.88 bits per heavy atom. The fraction of sp³-hybridized carbons (Fsp3) is 0. The van der Waals surface area contributed by atoms with E-state index in [-0.39, 0.29) is 45.2 Å². The number of nitrogens with zero attached hydrogens (tertiary/aromatic N) is 1. The Balaban J connectivity index is 0.00000128. The zero-order valence-corrected chi connectivity index (χ0v) is 11.2. The number of aromatic nitrogens is 1. The predicted molar refractivity (Wildman–Crippen MR) is 51.0 cm³/mol. The molecule has 0 unspecified atom stereocenters. The van der Waals surface area contributed by atoms with Gasteiger partial charge in [-0.05, 0) is 23.4 Å². The van der Waals surface area contributed by atoms with Gasteiger partial charge < -0.3 is 5.11 Å². The molecule has 0 amide bonds. The molecule has 0 saturated heterocycles. The summed E-state index contributed by atoms with van der Waals surface area (Å²) < 4.78 is 30.9. The summed E-state index contributed by atoms with van der Waals surface area (Å²) in [6, 6.07) is 5.45. The SMILES string of the molecule is O=S(=O)(O)c1cccc2c([O-])nccc12.[Na+]. The van der Waals surface area contributed by atoms with Crippen LogP contribution in [-0.4, -0.2) is 18.0 Å². The third-order valence-electron chi connectivity index (χ3n) is 2.01. The number of pyridine rings is 1. The maximum absolute atomic E-state index is 11.3. The summed E-state index contributed by atoms with van der Waals surface area (Å²) in [6.07, 6.45) is 1.21. The van der Waals surface area contributed by atoms with Crippen LogP contribution < -0.4 is 34.7 Å². The van der Waals surface area contributed by atoms with Crippen LogP contribution >= 0.6 is 0 Å². The van der Waals surface area contributed by atoms with Crippen molar-refractivity contribution in [3.63, 3.8) is 0 Å². The van der Waals surface area contributed by atoms with Gasteiger partial charge in [0, 0.05) is 11.6 Å². The van der Waals surface area contributed by atoms with Gasteiger partial charge in [0.15, 0.2) is 0 Å². The van der Waals surface area contributed by atoms with Crippen molar-refractivity contribution < 1.29 is 47.6 Å². The largest absolute Gasteiger partial charge is 1.00 e. The maximum atomic E-state index is 11.3. The smallest absolute Gasteiger partial charge is 0.858 e. The molecule has 78 valence electrons. The van der Waals surface area contributed by atoms with Crippen molar-refractivity contribution in [2.75, 3.05) is 0 Å². The van der Waals surface area contributed by atoms with Crippen molar-refractivity contribution in [2.45, 2.75) is 4.90 Å². The molecule has 0 radical (unpaired) electrons. The van der Waals surface area contributed by atoms with Crippen LogP contribution in [0.5, 0.6) is 5.88 Å². The molecule has 0 fully saturated rings. The van der Waals surface area contributed by atoms with Gasteiger partial charge in [0.1, 0.15) is 4.90 Å². The number of fused-ring (bicyclic) bond motifs is 1. The topological polar surface area (TPSA) is 90.3 Å². The van der Waals surface area contributed by atoms with Crippen LogP contribution in [0.15, 0.2) is 35.4 Å². The number of hydrogen-bond donors (Lipinski definition) is 1. The summed E-state index contributed by atoms with van der Waals surface area (Å²) in [5, 5.41) is 11.6. The van der Waals surface area contributed by atoms with Crippen molar-refractivity contribution in [3.05, 3.63) is 30.5 Å². The second kappa shape index (κ2) is 4.68. The summed E-state index contributed by atoms with van der Waals surface area (Å²) in [5.41, 5.74) is 0. The van der Waals surface area contributed by atoms with Crippen molar-refractivity contribution in [3.8, 4) is 5.88 Å². The quantitative estimate of drug-likeness (QED) is 0.446. The molecule has 1 aromatic carbocycles. The van der Waals surface area contributed by atoms with Crippen LogP contribution in [0.25, 0.3) is 10.8 Å². The van der Waals surface area contributed by atoms with E-state index in [2.05, 4.69) is 4.98 Å². The van der Waals surface area contributed by atoms with E-state index >= 15 is 0 Å². The molecule has 0 aliphatic rings. The third kappa shape index (κ3) is 2.36. The minimum atomic E-state index is -4.31. The third-order valence-corrected chi connectivity index (χ3v) is 2.92. The Bertz CT molecular complexity index is 626. The van der Waals surface area contributed by atoms with Crippen molar-refractivity contribution in [2.24, 2.45) is 0 Å². The summed E-state index contributed by atoms with van der Waals surface area (Å²) in [7, 11) is -4.31. The van der Waals surface area contributed by atoms with Crippen LogP contribution in [0.4, 0.5) is 0 Å². The van der Waals surface area contributed by atoms with Gasteiger partial charge in [-0.15, -0.1) is 0 Å². The van der Waals surface area contributed by atoms with E-state index in [1.807, 2.05) is 0 Å². The van der Waals surface area contributed by atoms with E-state index in [9.17, 15) is 13.5 Å². The average Bonchev–Trinajstić information content (AvgIpc) is 2.16. The minimum absolute atomic E-state index is 0. The Morgan fingerprint density at radius 1 is 1.19 bits per heavy atom. The van der Waals surface area contributed by atoms with Gasteiger partial charge in [-0.2, -0.15) is 8.42 Å². The Morgan fingerprint density at radius 3 is 2.50 bits per heavy atom. The van der Waals surface area contributed by atoms with Gasteiger partial charge in [0.25, 0.3) is 10.1 Å². The van der Waals surface area contributed by atoms with Crippen LogP contribution in [0.1, 0.15) is 0 Å². The average molecular weight is 247 g/mol. The first-order valence-corrected chi connectivity index (χ1v) is 5.46. The molecular formula is C9H6NNaO4S. The van der Waals surface area contributed by atoms with Crippen LogP contribution in [0.3, 0.4) is 0 Å². The molecule has 1 aromatic heterocycles. The van der Waals surface area contributed by atoms with Crippen molar-refractivity contribution in [1.82, 2.24) is 4.98 Å². The van der Waals surface area contributed by atoms with Crippen LogP contribution in [0, 0.1) is 0 Å². The molecule has 5 nitrogen and oxygen atoms in total. The molecule has 0 atom stereocenters. The van der Waals surface area contributed by atoms with E-state index < -0.39 is 16.0 Å². The normalized spacial score (nSPS) is 11.1. The molecule has 1 N–H and O–H groups in total. The van der Waals surface area contributed by atoms with E-state index in [0.717, 1.165) is 0 Å². The van der Waals surface area contributed by atoms with E-state index in [1.54, 1.807) is 0 Å². The van der Waals surface area contributed by atoms with Gasteiger partial charge in [-0.1, -0.05) is 12.1 Å². The van der Waals surface area contributed by atoms with Crippen LogP contribution in [0.2, 0.25) is 0 Å². The fourth-order valence-electron chi connectivity index (χ4n) is 1.38. The molecule has 0 aliphatic heterocycles. The number of benzene rings is 1. The van der Waals surface area contributed by atoms with Gasteiger partial charge in [0.05, 0.1) is 0 Å². The first-order valence-electron chi connectivity index (χ1n) is 4.02. The van der Waals surface area contributed by atoms with Crippen LogP contribution in [-0.2, 0) is 10.1 Å². The van der Waals surface area contributed by atoms with Crippen molar-refractivity contribution >= 4 is 20.9 Å². The molecule has 0 saturated carbocycles. The molecule has 1 heterocycles. The van der Waals surface area contributed by atoms with Gasteiger partial charge in [-0.3, -0.25) is 9.54 Å². The molecular weight excluding hydrogens is 241 g/mol. The molecule has 0 spiro atoms. The number of hydrogen-bond acceptors (Lipinski definition) is 4. The van der Waals surface area contributed by atoms with E-state index in [0.29, 0.717) is 0 Å². The second-order valence-corrected chi connectivity index (χ2v) is 4.33. The summed E-state index contributed by atoms with van der Waals surface area (Å²) >= 11 is 0. The molecule has 16 heavy (non-hydrogen) atoms. The first-order chi connectivity index (χ1) is 7.00. The van der Waals surface area contributed by atoms with E-state index in [1.165, 1.54) is 30.5 Å². The fourth-order valence-corrected chi connectivity index (χ4v) is 2.08. The molecule has 2 aromatic rings. The zero-order valence-electron chi connectivity index (χ0n) is 8.41. The molecule has 0 bridgehead atoms. The zero-order chi connectivity index (χ0) is 11.1. The monoisotopic (exact) mass is 247 g/mol. The van der Waals surface area contributed by atoms with Gasteiger partial charge in [-0.25, -0.2) is 0 Å². The minimum Gasteiger partial charge on any atom is -0.858 e. The predicted octanol–water partition coefficient (Wildman–Crippen LogP) is -2.44. The van der Waals surface area contributed by atoms with Crippen molar-refractivity contribution in [1.29, 1.82) is 0 Å². The molecule has 0 aliphatic carbocycles. The summed E-state index contributed by atoms with van der Waals surface area (Å²) in [4.78, 5) is 3.22. The van der Waals surface area contributed by atoms with Gasteiger partial charge in [0.2, 0.25) is 0 Å². The van der Waals surface area contributed by atoms with Gasteiger partial charge >= 0.3 is 29.6 Å². The summed E-state index contributed by atoms with van der Waals surface area (Å²) in [5.74, 6) is -0.516. The first kappa shape index (κ1) is 13.4. The second-order valence-electron chi connectivity index (χ2n) is 2.94. The Labute approximate surface area is 114 Å². The molecule has 2 rings (SSSR count). The maximum Gasteiger partial charge on any atom is 1.00 e. The Kier molecular flexibility index (Phi) is 3.92.